The first-order valence-electron chi connectivity index (χ1n) is 5.19. The first-order chi connectivity index (χ1) is 7.20. The Kier molecular flexibility index (Phi) is 8.59. The van der Waals surface area contributed by atoms with Gasteiger partial charge in [-0.25, -0.2) is 0 Å². The molecule has 4 nitrogen and oxygen atoms in total. The van der Waals surface area contributed by atoms with Gasteiger partial charge >= 0.3 is 0 Å². The molecule has 0 fully saturated rings. The molecule has 3 N–H and O–H groups in total. The second kappa shape index (κ2) is 9.35. The summed E-state index contributed by atoms with van der Waals surface area (Å²) in [5.41, 5.74) is 5.66. The lowest BCUT2D eigenvalue weighted by Gasteiger charge is -2.12. The number of nitrogens with zero attached hydrogens (tertiary/aromatic N) is 1. The largest absolute Gasteiger partial charge is 0.383 e. The standard InChI is InChI=1S/C11H21N3O/c1-4-5-6-7-8-13-11(12)14-10(2)9-15-3/h1,10H,5-9H2,2-3H3,(H3,12,13,14). The highest BCUT2D eigenvalue weighted by Gasteiger charge is 2.00. The predicted octanol–water partition coefficient (Wildman–Crippen LogP) is 0.729. The summed E-state index contributed by atoms with van der Waals surface area (Å²) in [4.78, 5) is 4.18. The molecule has 0 aliphatic rings. The molecule has 0 aromatic heterocycles. The number of terminal acetylenes is 1. The number of methoxy groups -OCH3 is 1. The number of unbranched alkanes of at least 4 members (excludes halogenated alkanes) is 2. The van der Waals surface area contributed by atoms with Crippen LogP contribution in [0.4, 0.5) is 0 Å². The molecule has 0 aliphatic heterocycles. The van der Waals surface area contributed by atoms with Crippen molar-refractivity contribution in [3.8, 4) is 12.3 Å². The van der Waals surface area contributed by atoms with E-state index in [2.05, 4.69) is 16.2 Å². The Labute approximate surface area is 92.3 Å². The van der Waals surface area contributed by atoms with Crippen molar-refractivity contribution in [1.82, 2.24) is 5.32 Å². The normalized spacial score (nSPS) is 13.3. The number of nitrogens with two attached hydrogens (primary N) is 1. The average molecular weight is 211 g/mol. The van der Waals surface area contributed by atoms with E-state index in [9.17, 15) is 0 Å². The van der Waals surface area contributed by atoms with Crippen LogP contribution in [-0.2, 0) is 4.74 Å². The van der Waals surface area contributed by atoms with E-state index < -0.39 is 0 Å². The van der Waals surface area contributed by atoms with Gasteiger partial charge in [0.1, 0.15) is 0 Å². The molecule has 0 heterocycles. The summed E-state index contributed by atoms with van der Waals surface area (Å²) < 4.78 is 4.97. The van der Waals surface area contributed by atoms with Crippen LogP contribution in [0.1, 0.15) is 26.2 Å². The highest BCUT2D eigenvalue weighted by atomic mass is 16.5. The molecule has 0 aromatic carbocycles. The van der Waals surface area contributed by atoms with E-state index >= 15 is 0 Å². The van der Waals surface area contributed by atoms with Gasteiger partial charge < -0.3 is 15.8 Å². The fourth-order valence-corrected chi connectivity index (χ4v) is 1.13. The minimum atomic E-state index is 0.185. The molecular formula is C11H21N3O. The van der Waals surface area contributed by atoms with Crippen LogP contribution in [0.25, 0.3) is 0 Å². The van der Waals surface area contributed by atoms with Gasteiger partial charge in [0.25, 0.3) is 0 Å². The summed E-state index contributed by atoms with van der Waals surface area (Å²) in [6.07, 6.45) is 7.92. The summed E-state index contributed by atoms with van der Waals surface area (Å²) in [5.74, 6) is 3.07. The minimum absolute atomic E-state index is 0.185. The molecule has 1 unspecified atom stereocenters. The minimum Gasteiger partial charge on any atom is -0.383 e. The summed E-state index contributed by atoms with van der Waals surface area (Å²) in [6.45, 7) is 3.33. The lowest BCUT2D eigenvalue weighted by Crippen LogP contribution is -2.40. The molecule has 0 saturated heterocycles. The molecule has 4 heteroatoms. The van der Waals surface area contributed by atoms with Crippen molar-refractivity contribution >= 4 is 5.96 Å². The third kappa shape index (κ3) is 9.10. The van der Waals surface area contributed by atoms with Crippen molar-refractivity contribution in [2.45, 2.75) is 32.2 Å². The Morgan fingerprint density at radius 1 is 1.60 bits per heavy atom. The van der Waals surface area contributed by atoms with E-state index in [1.165, 1.54) is 0 Å². The van der Waals surface area contributed by atoms with Crippen molar-refractivity contribution in [1.29, 1.82) is 0 Å². The molecule has 1 atom stereocenters. The first kappa shape index (κ1) is 13.8. The van der Waals surface area contributed by atoms with E-state index in [-0.39, 0.29) is 6.04 Å². The van der Waals surface area contributed by atoms with Crippen LogP contribution in [0.5, 0.6) is 0 Å². The molecule has 0 spiro atoms. The number of hydrogen-bond acceptors (Lipinski definition) is 2. The van der Waals surface area contributed by atoms with Crippen molar-refractivity contribution in [3.63, 3.8) is 0 Å². The number of aliphatic imine (C=N–C) groups is 1. The smallest absolute Gasteiger partial charge is 0.188 e. The lowest BCUT2D eigenvalue weighted by molar-refractivity contribution is 0.179. The Morgan fingerprint density at radius 3 is 2.93 bits per heavy atom. The SMILES string of the molecule is C#CCCCCN=C(N)NC(C)COC. The summed E-state index contributed by atoms with van der Waals surface area (Å²) in [7, 11) is 1.66. The Balaban J connectivity index is 3.56. The highest BCUT2D eigenvalue weighted by Crippen LogP contribution is 1.93. The van der Waals surface area contributed by atoms with E-state index in [4.69, 9.17) is 16.9 Å². The molecule has 0 rings (SSSR count). The number of nitrogens with one attached hydrogen (secondary N) is 1. The van der Waals surface area contributed by atoms with Crippen LogP contribution < -0.4 is 11.1 Å². The zero-order valence-corrected chi connectivity index (χ0v) is 9.62. The maximum Gasteiger partial charge on any atom is 0.188 e. The van der Waals surface area contributed by atoms with Gasteiger partial charge in [-0.3, -0.25) is 4.99 Å². The van der Waals surface area contributed by atoms with Gasteiger partial charge in [-0.05, 0) is 19.8 Å². The van der Waals surface area contributed by atoms with Gasteiger partial charge in [0.05, 0.1) is 6.61 Å². The number of hydrogen-bond donors (Lipinski definition) is 2. The van der Waals surface area contributed by atoms with Crippen LogP contribution in [0.3, 0.4) is 0 Å². The van der Waals surface area contributed by atoms with Gasteiger partial charge in [0.2, 0.25) is 0 Å². The van der Waals surface area contributed by atoms with E-state index in [0.29, 0.717) is 12.6 Å². The van der Waals surface area contributed by atoms with Gasteiger partial charge in [0.15, 0.2) is 5.96 Å². The van der Waals surface area contributed by atoms with E-state index in [1.54, 1.807) is 7.11 Å². The third-order valence-electron chi connectivity index (χ3n) is 1.82. The topological polar surface area (TPSA) is 59.6 Å². The maximum absolute atomic E-state index is 5.66. The van der Waals surface area contributed by atoms with Crippen LogP contribution >= 0.6 is 0 Å². The monoisotopic (exact) mass is 211 g/mol. The first-order valence-corrected chi connectivity index (χ1v) is 5.19. The quantitative estimate of drug-likeness (QED) is 0.282. The van der Waals surface area contributed by atoms with Gasteiger partial charge in [-0.15, -0.1) is 12.3 Å². The molecule has 0 radical (unpaired) electrons. The fraction of sp³-hybridized carbons (Fsp3) is 0.727. The Hall–Kier alpha value is -1.21. The highest BCUT2D eigenvalue weighted by molar-refractivity contribution is 5.78. The maximum atomic E-state index is 5.66. The molecule has 0 saturated carbocycles. The van der Waals surface area contributed by atoms with Crippen molar-refractivity contribution in [2.75, 3.05) is 20.3 Å². The summed E-state index contributed by atoms with van der Waals surface area (Å²) in [6, 6.07) is 0.185. The van der Waals surface area contributed by atoms with Gasteiger partial charge in [-0.2, -0.15) is 0 Å². The number of guanidine groups is 1. The summed E-state index contributed by atoms with van der Waals surface area (Å²) in [5, 5.41) is 3.03. The average Bonchev–Trinajstić information content (AvgIpc) is 2.17. The molecule has 0 aromatic rings. The molecule has 0 aliphatic carbocycles. The van der Waals surface area contributed by atoms with E-state index in [1.807, 2.05) is 6.92 Å². The van der Waals surface area contributed by atoms with Crippen LogP contribution in [0.15, 0.2) is 4.99 Å². The Bertz CT molecular complexity index is 220. The van der Waals surface area contributed by atoms with Crippen LogP contribution in [0, 0.1) is 12.3 Å². The number of ether oxygens (including phenoxy) is 1. The molecule has 86 valence electrons. The zero-order chi connectivity index (χ0) is 11.5. The second-order valence-corrected chi connectivity index (χ2v) is 3.43. The molecule has 0 amide bonds. The van der Waals surface area contributed by atoms with Gasteiger partial charge in [-0.1, -0.05) is 0 Å². The van der Waals surface area contributed by atoms with E-state index in [0.717, 1.165) is 25.8 Å². The zero-order valence-electron chi connectivity index (χ0n) is 9.62. The molecular weight excluding hydrogens is 190 g/mol. The van der Waals surface area contributed by atoms with Crippen molar-refractivity contribution < 1.29 is 4.74 Å². The predicted molar refractivity (Wildman–Crippen MR) is 63.6 cm³/mol. The second-order valence-electron chi connectivity index (χ2n) is 3.43. The van der Waals surface area contributed by atoms with Crippen LogP contribution in [0.2, 0.25) is 0 Å². The van der Waals surface area contributed by atoms with Gasteiger partial charge in [0, 0.05) is 26.1 Å². The fourth-order valence-electron chi connectivity index (χ4n) is 1.13. The van der Waals surface area contributed by atoms with Crippen LogP contribution in [-0.4, -0.2) is 32.3 Å². The van der Waals surface area contributed by atoms with Crippen molar-refractivity contribution in [3.05, 3.63) is 0 Å². The molecule has 15 heavy (non-hydrogen) atoms. The van der Waals surface area contributed by atoms with Crippen molar-refractivity contribution in [2.24, 2.45) is 10.7 Å². The third-order valence-corrected chi connectivity index (χ3v) is 1.82. The number of rotatable bonds is 7. The Morgan fingerprint density at radius 2 is 2.33 bits per heavy atom. The lowest BCUT2D eigenvalue weighted by atomic mass is 10.2. The summed E-state index contributed by atoms with van der Waals surface area (Å²) >= 11 is 0. The molecule has 0 bridgehead atoms.